The summed E-state index contributed by atoms with van der Waals surface area (Å²) in [5.41, 5.74) is 3.86. The summed E-state index contributed by atoms with van der Waals surface area (Å²) in [6.07, 6.45) is 3.64. The zero-order valence-electron chi connectivity index (χ0n) is 14.2. The van der Waals surface area contributed by atoms with E-state index in [1.807, 2.05) is 36.5 Å². The molecule has 1 unspecified atom stereocenters. The number of carbonyl (C=O) groups is 2. The molecule has 2 atom stereocenters. The van der Waals surface area contributed by atoms with Crippen LogP contribution in [0.25, 0.3) is 0 Å². The molecule has 1 saturated carbocycles. The van der Waals surface area contributed by atoms with Crippen LogP contribution in [0.1, 0.15) is 45.2 Å². The van der Waals surface area contributed by atoms with Crippen molar-refractivity contribution in [3.63, 3.8) is 0 Å². The predicted molar refractivity (Wildman–Crippen MR) is 97.2 cm³/mol. The lowest BCUT2D eigenvalue weighted by atomic mass is 9.96. The van der Waals surface area contributed by atoms with Gasteiger partial charge in [0.05, 0.1) is 17.8 Å². The molecule has 2 aromatic rings. The molecule has 25 heavy (non-hydrogen) atoms. The average molecular weight is 353 g/mol. The molecular formula is C20H21N2O2S+. The first-order chi connectivity index (χ1) is 12.1. The second-order valence-corrected chi connectivity index (χ2v) is 8.51. The summed E-state index contributed by atoms with van der Waals surface area (Å²) in [6, 6.07) is 8.51. The van der Waals surface area contributed by atoms with Crippen molar-refractivity contribution in [3.8, 4) is 0 Å². The first-order valence-corrected chi connectivity index (χ1v) is 9.89. The third kappa shape index (κ3) is 2.37. The Morgan fingerprint density at radius 1 is 1.24 bits per heavy atom. The standard InChI is InChI=1S/C20H20N2O2S/c1-12-2-5-16-15(10-12)19(23)20(24)22(16)11-21-8-6-17-14(7-9-25-17)18(21)13-3-4-13/h2,5,7,9-10,13,18H,3-4,6,8,11H2,1H3/p+1/t18-/m0/s1. The Bertz CT molecular complexity index is 884. The SMILES string of the molecule is Cc1ccc2c(c1)C(=O)C(=O)N2C[NH+]1CCc2sccc2[C@@H]1C1CC1. The molecule has 1 amide bonds. The number of rotatable bonds is 3. The zero-order valence-corrected chi connectivity index (χ0v) is 15.1. The fourth-order valence-electron chi connectivity index (χ4n) is 4.45. The summed E-state index contributed by atoms with van der Waals surface area (Å²) < 4.78 is 0. The third-order valence-electron chi connectivity index (χ3n) is 5.81. The quantitative estimate of drug-likeness (QED) is 0.859. The summed E-state index contributed by atoms with van der Waals surface area (Å²) in [7, 11) is 0. The highest BCUT2D eigenvalue weighted by Gasteiger charge is 2.46. The lowest BCUT2D eigenvalue weighted by molar-refractivity contribution is -0.935. The van der Waals surface area contributed by atoms with Crippen molar-refractivity contribution < 1.29 is 14.5 Å². The van der Waals surface area contributed by atoms with Crippen LogP contribution in [0.15, 0.2) is 29.6 Å². The zero-order chi connectivity index (χ0) is 17.1. The minimum Gasteiger partial charge on any atom is -0.311 e. The number of amides is 1. The van der Waals surface area contributed by atoms with Crippen LogP contribution in [0, 0.1) is 12.8 Å². The molecule has 0 radical (unpaired) electrons. The highest BCUT2D eigenvalue weighted by atomic mass is 32.1. The molecule has 1 fully saturated rings. The predicted octanol–water partition coefficient (Wildman–Crippen LogP) is 2.14. The van der Waals surface area contributed by atoms with E-state index < -0.39 is 0 Å². The van der Waals surface area contributed by atoms with E-state index in [9.17, 15) is 9.59 Å². The van der Waals surface area contributed by atoms with Crippen molar-refractivity contribution in [1.82, 2.24) is 0 Å². The van der Waals surface area contributed by atoms with Gasteiger partial charge in [-0.05, 0) is 43.3 Å². The fourth-order valence-corrected chi connectivity index (χ4v) is 5.38. The van der Waals surface area contributed by atoms with Gasteiger partial charge in [0.2, 0.25) is 0 Å². The molecule has 3 heterocycles. The van der Waals surface area contributed by atoms with Crippen molar-refractivity contribution in [2.45, 2.75) is 32.2 Å². The van der Waals surface area contributed by atoms with E-state index >= 15 is 0 Å². The maximum absolute atomic E-state index is 12.6. The Morgan fingerprint density at radius 2 is 2.08 bits per heavy atom. The third-order valence-corrected chi connectivity index (χ3v) is 6.81. The van der Waals surface area contributed by atoms with Crippen molar-refractivity contribution in [2.75, 3.05) is 18.1 Å². The van der Waals surface area contributed by atoms with Crippen LogP contribution in [0.5, 0.6) is 0 Å². The molecule has 5 rings (SSSR count). The molecule has 1 aromatic heterocycles. The van der Waals surface area contributed by atoms with Gasteiger partial charge in [-0.1, -0.05) is 11.6 Å². The number of fused-ring (bicyclic) bond motifs is 2. The molecule has 2 aliphatic heterocycles. The fraction of sp³-hybridized carbons (Fsp3) is 0.400. The van der Waals surface area contributed by atoms with Gasteiger partial charge in [0, 0.05) is 22.8 Å². The molecule has 3 aliphatic rings. The Labute approximate surface area is 151 Å². The van der Waals surface area contributed by atoms with E-state index in [1.54, 1.807) is 4.90 Å². The molecule has 1 N–H and O–H groups in total. The van der Waals surface area contributed by atoms with Gasteiger partial charge in [0.15, 0.2) is 6.67 Å². The van der Waals surface area contributed by atoms with Crippen molar-refractivity contribution in [2.24, 2.45) is 5.92 Å². The minimum atomic E-state index is -0.362. The van der Waals surface area contributed by atoms with Crippen molar-refractivity contribution in [1.29, 1.82) is 0 Å². The number of aryl methyl sites for hydroxylation is 1. The molecular weight excluding hydrogens is 332 g/mol. The van der Waals surface area contributed by atoms with Crippen LogP contribution in [0.3, 0.4) is 0 Å². The van der Waals surface area contributed by atoms with Gasteiger partial charge in [-0.3, -0.25) is 14.5 Å². The number of benzene rings is 1. The van der Waals surface area contributed by atoms with Gasteiger partial charge in [0.1, 0.15) is 6.04 Å². The number of carbonyl (C=O) groups excluding carboxylic acids is 2. The van der Waals surface area contributed by atoms with Crippen LogP contribution in [0.4, 0.5) is 5.69 Å². The highest BCUT2D eigenvalue weighted by Crippen LogP contribution is 2.42. The van der Waals surface area contributed by atoms with E-state index in [4.69, 9.17) is 0 Å². The smallest absolute Gasteiger partial charge is 0.303 e. The molecule has 5 heteroatoms. The summed E-state index contributed by atoms with van der Waals surface area (Å²) in [5, 5.41) is 2.20. The number of nitrogens with one attached hydrogen (secondary N) is 1. The first kappa shape index (κ1) is 15.3. The van der Waals surface area contributed by atoms with Crippen molar-refractivity contribution >= 4 is 28.7 Å². The largest absolute Gasteiger partial charge is 0.311 e. The Hall–Kier alpha value is -1.98. The van der Waals surface area contributed by atoms with E-state index in [-0.39, 0.29) is 11.7 Å². The van der Waals surface area contributed by atoms with Gasteiger partial charge < -0.3 is 4.90 Å². The highest BCUT2D eigenvalue weighted by molar-refractivity contribution is 7.10. The molecule has 0 spiro atoms. The van der Waals surface area contributed by atoms with Crippen LogP contribution in [-0.2, 0) is 11.2 Å². The van der Waals surface area contributed by atoms with Crippen molar-refractivity contribution in [3.05, 3.63) is 51.2 Å². The average Bonchev–Trinajstić information content (AvgIpc) is 3.29. The topological polar surface area (TPSA) is 41.8 Å². The number of ketones is 1. The Balaban J connectivity index is 1.48. The van der Waals surface area contributed by atoms with Crippen LogP contribution in [0.2, 0.25) is 0 Å². The molecule has 128 valence electrons. The monoisotopic (exact) mass is 353 g/mol. The number of nitrogens with zero attached hydrogens (tertiary/aromatic N) is 1. The lowest BCUT2D eigenvalue weighted by Gasteiger charge is -2.35. The normalized spacial score (nSPS) is 25.2. The van der Waals surface area contributed by atoms with E-state index in [0.29, 0.717) is 18.3 Å². The first-order valence-electron chi connectivity index (χ1n) is 9.01. The maximum Gasteiger partial charge on any atom is 0.303 e. The summed E-state index contributed by atoms with van der Waals surface area (Å²) in [6.45, 7) is 3.59. The number of hydrogen-bond donors (Lipinski definition) is 1. The number of hydrogen-bond acceptors (Lipinski definition) is 3. The van der Waals surface area contributed by atoms with Crippen LogP contribution >= 0.6 is 11.3 Å². The van der Waals surface area contributed by atoms with Gasteiger partial charge in [-0.25, -0.2) is 0 Å². The second kappa shape index (κ2) is 5.51. The molecule has 0 saturated heterocycles. The molecule has 0 bridgehead atoms. The van der Waals surface area contributed by atoms with Crippen LogP contribution in [-0.4, -0.2) is 24.9 Å². The molecule has 1 aromatic carbocycles. The lowest BCUT2D eigenvalue weighted by Crippen LogP contribution is -3.15. The van der Waals surface area contributed by atoms with E-state index in [2.05, 4.69) is 11.4 Å². The number of anilines is 1. The van der Waals surface area contributed by atoms with E-state index in [1.165, 1.54) is 28.2 Å². The van der Waals surface area contributed by atoms with Gasteiger partial charge >= 0.3 is 5.91 Å². The summed E-state index contributed by atoms with van der Waals surface area (Å²) in [4.78, 5) is 29.7. The number of quaternary nitrogens is 1. The second-order valence-electron chi connectivity index (χ2n) is 7.51. The number of Topliss-reactive ketones (excluding diaryl/α,β-unsaturated/α-hetero) is 1. The van der Waals surface area contributed by atoms with Gasteiger partial charge in [-0.2, -0.15) is 0 Å². The van der Waals surface area contributed by atoms with E-state index in [0.717, 1.165) is 30.1 Å². The van der Waals surface area contributed by atoms with Gasteiger partial charge in [0.25, 0.3) is 5.78 Å². The maximum atomic E-state index is 12.6. The van der Waals surface area contributed by atoms with Gasteiger partial charge in [-0.15, -0.1) is 11.3 Å². The molecule has 1 aliphatic carbocycles. The Morgan fingerprint density at radius 3 is 2.88 bits per heavy atom. The molecule has 4 nitrogen and oxygen atoms in total. The summed E-state index contributed by atoms with van der Waals surface area (Å²) in [5.74, 6) is 0.0163. The summed E-state index contributed by atoms with van der Waals surface area (Å²) >= 11 is 1.86. The minimum absolute atomic E-state index is 0.352. The van der Waals surface area contributed by atoms with Crippen LogP contribution < -0.4 is 9.80 Å². The Kier molecular flexibility index (Phi) is 3.37. The number of thiophene rings is 1.